The number of benzene rings is 2. The van der Waals surface area contributed by atoms with Crippen LogP contribution in [-0.4, -0.2) is 21.3 Å². The number of carbonyl (C=O) groups is 1. The second kappa shape index (κ2) is 7.17. The van der Waals surface area contributed by atoms with Crippen LogP contribution in [0.25, 0.3) is 10.9 Å². The van der Waals surface area contributed by atoms with E-state index < -0.39 is 0 Å². The molecule has 0 radical (unpaired) electrons. The zero-order valence-corrected chi connectivity index (χ0v) is 14.8. The molecule has 1 aliphatic heterocycles. The van der Waals surface area contributed by atoms with E-state index in [2.05, 4.69) is 10.3 Å². The van der Waals surface area contributed by atoms with Crippen molar-refractivity contribution in [2.45, 2.75) is 18.3 Å². The van der Waals surface area contributed by atoms with Crippen molar-refractivity contribution in [2.75, 3.05) is 0 Å². The summed E-state index contributed by atoms with van der Waals surface area (Å²) in [4.78, 5) is 16.3. The highest BCUT2D eigenvalue weighted by Crippen LogP contribution is 2.25. The van der Waals surface area contributed by atoms with Gasteiger partial charge in [0.15, 0.2) is 5.17 Å². The van der Waals surface area contributed by atoms with Crippen molar-refractivity contribution >= 4 is 33.7 Å². The number of amidine groups is 1. The molecule has 2 heterocycles. The Balaban J connectivity index is 1.47. The van der Waals surface area contributed by atoms with Gasteiger partial charge in [-0.05, 0) is 35.7 Å². The quantitative estimate of drug-likeness (QED) is 0.727. The number of thioether (sulfide) groups is 1. The van der Waals surface area contributed by atoms with E-state index >= 15 is 0 Å². The third-order valence-electron chi connectivity index (χ3n) is 4.17. The smallest absolute Gasteiger partial charge is 0.239 e. The fourth-order valence-electron chi connectivity index (χ4n) is 2.86. The molecular formula is C20H17N3O2S. The number of amides is 1. The summed E-state index contributed by atoms with van der Waals surface area (Å²) in [5.74, 6) is 0.672. The molecule has 0 aliphatic carbocycles. The number of aromatic nitrogens is 1. The number of pyridine rings is 1. The van der Waals surface area contributed by atoms with Crippen LogP contribution in [0.3, 0.4) is 0 Å². The molecule has 1 atom stereocenters. The first kappa shape index (κ1) is 16.6. The van der Waals surface area contributed by atoms with E-state index in [4.69, 9.17) is 10.1 Å². The van der Waals surface area contributed by atoms with Crippen LogP contribution in [0.5, 0.6) is 5.75 Å². The van der Waals surface area contributed by atoms with Gasteiger partial charge in [-0.1, -0.05) is 42.1 Å². The topological polar surface area (TPSA) is 75.1 Å². The Hall–Kier alpha value is -2.86. The number of ether oxygens (including phenoxy) is 1. The second-order valence-electron chi connectivity index (χ2n) is 6.10. The van der Waals surface area contributed by atoms with Gasteiger partial charge in [-0.15, -0.1) is 0 Å². The van der Waals surface area contributed by atoms with Crippen molar-refractivity contribution in [1.29, 1.82) is 5.41 Å². The third-order valence-corrected chi connectivity index (χ3v) is 5.17. The Morgan fingerprint density at radius 2 is 1.96 bits per heavy atom. The average Bonchev–Trinajstić information content (AvgIpc) is 2.97. The molecule has 1 saturated heterocycles. The van der Waals surface area contributed by atoms with Gasteiger partial charge in [0, 0.05) is 17.6 Å². The van der Waals surface area contributed by atoms with Gasteiger partial charge in [-0.25, -0.2) is 0 Å². The summed E-state index contributed by atoms with van der Waals surface area (Å²) in [6.45, 7) is 0.518. The zero-order chi connectivity index (χ0) is 17.9. The Kier molecular flexibility index (Phi) is 4.58. The minimum absolute atomic E-state index is 0.107. The monoisotopic (exact) mass is 363 g/mol. The first-order valence-corrected chi connectivity index (χ1v) is 9.17. The highest BCUT2D eigenvalue weighted by Gasteiger charge is 2.29. The van der Waals surface area contributed by atoms with E-state index in [-0.39, 0.29) is 16.3 Å². The van der Waals surface area contributed by atoms with E-state index in [9.17, 15) is 4.79 Å². The second-order valence-corrected chi connectivity index (χ2v) is 7.31. The lowest BCUT2D eigenvalue weighted by atomic mass is 10.1. The van der Waals surface area contributed by atoms with Crippen molar-refractivity contribution in [3.05, 3.63) is 71.9 Å². The standard InChI is InChI=1S/C20H17N3O2S/c21-20-23-19(24)18(26-20)9-14-8-15-6-7-16(10-17(15)22-11-14)25-12-13-4-2-1-3-5-13/h1-8,10-11,18H,9,12H2,(H2,21,23,24). The first-order valence-electron chi connectivity index (χ1n) is 8.29. The Labute approximate surface area is 155 Å². The molecule has 130 valence electrons. The van der Waals surface area contributed by atoms with Crippen LogP contribution < -0.4 is 10.1 Å². The van der Waals surface area contributed by atoms with E-state index in [1.165, 1.54) is 11.8 Å². The predicted octanol–water partition coefficient (Wildman–Crippen LogP) is 3.52. The number of hydrogen-bond acceptors (Lipinski definition) is 5. The molecule has 2 N–H and O–H groups in total. The fourth-order valence-corrected chi connectivity index (χ4v) is 3.74. The summed E-state index contributed by atoms with van der Waals surface area (Å²) in [5.41, 5.74) is 2.96. The molecule has 1 fully saturated rings. The molecule has 0 spiro atoms. The van der Waals surface area contributed by atoms with Crippen LogP contribution in [-0.2, 0) is 17.8 Å². The van der Waals surface area contributed by atoms with Crippen LogP contribution in [0.4, 0.5) is 0 Å². The summed E-state index contributed by atoms with van der Waals surface area (Å²) in [6.07, 6.45) is 2.35. The van der Waals surface area contributed by atoms with Crippen molar-refractivity contribution in [2.24, 2.45) is 0 Å². The van der Waals surface area contributed by atoms with Crippen LogP contribution in [0.15, 0.2) is 60.8 Å². The van der Waals surface area contributed by atoms with Gasteiger partial charge in [0.1, 0.15) is 12.4 Å². The third kappa shape index (κ3) is 3.70. The number of hydrogen-bond donors (Lipinski definition) is 2. The molecule has 0 bridgehead atoms. The molecule has 1 aromatic heterocycles. The summed E-state index contributed by atoms with van der Waals surface area (Å²) in [5, 5.41) is 11.0. The Morgan fingerprint density at radius 1 is 1.12 bits per heavy atom. The maximum absolute atomic E-state index is 11.8. The SMILES string of the molecule is N=C1NC(=O)C(Cc2cnc3cc(OCc4ccccc4)ccc3c2)S1. The molecular weight excluding hydrogens is 346 g/mol. The largest absolute Gasteiger partial charge is 0.489 e. The predicted molar refractivity (Wildman–Crippen MR) is 103 cm³/mol. The molecule has 4 rings (SSSR count). The van der Waals surface area contributed by atoms with Crippen molar-refractivity contribution < 1.29 is 9.53 Å². The average molecular weight is 363 g/mol. The lowest BCUT2D eigenvalue weighted by molar-refractivity contribution is -0.118. The number of nitrogens with one attached hydrogen (secondary N) is 2. The highest BCUT2D eigenvalue weighted by molar-refractivity contribution is 8.15. The van der Waals surface area contributed by atoms with Gasteiger partial charge < -0.3 is 10.1 Å². The molecule has 26 heavy (non-hydrogen) atoms. The maximum Gasteiger partial charge on any atom is 0.239 e. The summed E-state index contributed by atoms with van der Waals surface area (Å²) in [6, 6.07) is 17.9. The minimum atomic E-state index is -0.254. The molecule has 0 saturated carbocycles. The van der Waals surface area contributed by atoms with Gasteiger partial charge in [0.05, 0.1) is 10.8 Å². The van der Waals surface area contributed by atoms with Crippen LogP contribution in [0, 0.1) is 5.41 Å². The van der Waals surface area contributed by atoms with Crippen LogP contribution >= 0.6 is 11.8 Å². The van der Waals surface area contributed by atoms with Crippen molar-refractivity contribution in [3.63, 3.8) is 0 Å². The van der Waals surface area contributed by atoms with Gasteiger partial charge in [0.2, 0.25) is 5.91 Å². The Morgan fingerprint density at radius 3 is 2.73 bits per heavy atom. The summed E-state index contributed by atoms with van der Waals surface area (Å²) < 4.78 is 5.84. The lowest BCUT2D eigenvalue weighted by Gasteiger charge is -2.09. The number of rotatable bonds is 5. The molecule has 6 heteroatoms. The molecule has 5 nitrogen and oxygen atoms in total. The molecule has 2 aromatic carbocycles. The van der Waals surface area contributed by atoms with Crippen molar-refractivity contribution in [3.8, 4) is 5.75 Å². The number of fused-ring (bicyclic) bond motifs is 1. The lowest BCUT2D eigenvalue weighted by Crippen LogP contribution is -2.25. The summed E-state index contributed by atoms with van der Waals surface area (Å²) in [7, 11) is 0. The van der Waals surface area contributed by atoms with E-state index in [0.29, 0.717) is 13.0 Å². The normalized spacial score (nSPS) is 16.7. The van der Waals surface area contributed by atoms with E-state index in [0.717, 1.165) is 27.8 Å². The fraction of sp³-hybridized carbons (Fsp3) is 0.150. The first-order chi connectivity index (χ1) is 12.7. The number of nitrogens with zero attached hydrogens (tertiary/aromatic N) is 1. The van der Waals surface area contributed by atoms with Crippen LogP contribution in [0.1, 0.15) is 11.1 Å². The molecule has 1 unspecified atom stereocenters. The van der Waals surface area contributed by atoms with Gasteiger partial charge in [0.25, 0.3) is 0 Å². The van der Waals surface area contributed by atoms with Gasteiger partial charge in [-0.2, -0.15) is 0 Å². The van der Waals surface area contributed by atoms with E-state index in [1.54, 1.807) is 6.20 Å². The highest BCUT2D eigenvalue weighted by atomic mass is 32.2. The van der Waals surface area contributed by atoms with Gasteiger partial charge >= 0.3 is 0 Å². The Bertz CT molecular complexity index is 975. The molecule has 3 aromatic rings. The van der Waals surface area contributed by atoms with Crippen molar-refractivity contribution in [1.82, 2.24) is 10.3 Å². The maximum atomic E-state index is 11.8. The zero-order valence-electron chi connectivity index (χ0n) is 13.9. The van der Waals surface area contributed by atoms with E-state index in [1.807, 2.05) is 54.6 Å². The summed E-state index contributed by atoms with van der Waals surface area (Å²) >= 11 is 1.26. The number of carbonyl (C=O) groups excluding carboxylic acids is 1. The van der Waals surface area contributed by atoms with Gasteiger partial charge in [-0.3, -0.25) is 15.2 Å². The molecule has 1 aliphatic rings. The minimum Gasteiger partial charge on any atom is -0.489 e. The van der Waals surface area contributed by atoms with Crippen LogP contribution in [0.2, 0.25) is 0 Å². The molecule has 1 amide bonds.